The van der Waals surface area contributed by atoms with Gasteiger partial charge in [0.1, 0.15) is 11.6 Å². The Balaban J connectivity index is 2.42. The molecular formula is C18H14FNO4. The van der Waals surface area contributed by atoms with Crippen LogP contribution in [0.1, 0.15) is 6.92 Å². The fourth-order valence-corrected chi connectivity index (χ4v) is 2.55. The number of fused-ring (bicyclic) bond motifs is 1. The molecule has 122 valence electrons. The first-order valence-electron chi connectivity index (χ1n) is 7.33. The van der Waals surface area contributed by atoms with Crippen LogP contribution in [-0.2, 0) is 4.74 Å². The Bertz CT molecular complexity index is 977. The summed E-state index contributed by atoms with van der Waals surface area (Å²) in [6.07, 6.45) is -0.782. The van der Waals surface area contributed by atoms with Crippen molar-refractivity contribution in [3.8, 4) is 17.0 Å². The summed E-state index contributed by atoms with van der Waals surface area (Å²) in [5, 5.41) is 9.51. The van der Waals surface area contributed by atoms with Crippen molar-refractivity contribution in [3.05, 3.63) is 64.6 Å². The molecule has 6 heteroatoms. The summed E-state index contributed by atoms with van der Waals surface area (Å²) in [5.74, 6) is -0.658. The van der Waals surface area contributed by atoms with Gasteiger partial charge in [0, 0.05) is 11.5 Å². The fourth-order valence-electron chi connectivity index (χ4n) is 2.55. The molecule has 5 nitrogen and oxygen atoms in total. The van der Waals surface area contributed by atoms with Crippen molar-refractivity contribution in [2.75, 3.05) is 6.61 Å². The predicted octanol–water partition coefficient (Wildman–Crippen LogP) is 3.52. The van der Waals surface area contributed by atoms with Crippen LogP contribution in [0.15, 0.2) is 53.3 Å². The third kappa shape index (κ3) is 2.62. The topological polar surface area (TPSA) is 68.5 Å². The van der Waals surface area contributed by atoms with Crippen molar-refractivity contribution in [1.29, 1.82) is 0 Å². The molecule has 0 atom stereocenters. The minimum atomic E-state index is -0.782. The SMILES string of the molecule is CCOC(=O)n1c(-c2ccc(O)cc2)cc(=O)c2cccc(F)c21. The van der Waals surface area contributed by atoms with Crippen molar-refractivity contribution >= 4 is 17.0 Å². The highest BCUT2D eigenvalue weighted by Crippen LogP contribution is 2.26. The molecule has 3 rings (SSSR count). The van der Waals surface area contributed by atoms with Crippen molar-refractivity contribution in [3.63, 3.8) is 0 Å². The molecular weight excluding hydrogens is 313 g/mol. The highest BCUT2D eigenvalue weighted by atomic mass is 19.1. The predicted molar refractivity (Wildman–Crippen MR) is 87.7 cm³/mol. The van der Waals surface area contributed by atoms with Gasteiger partial charge in [-0.05, 0) is 48.9 Å². The van der Waals surface area contributed by atoms with Gasteiger partial charge in [0.25, 0.3) is 0 Å². The third-order valence-corrected chi connectivity index (χ3v) is 3.60. The van der Waals surface area contributed by atoms with Gasteiger partial charge >= 0.3 is 6.09 Å². The largest absolute Gasteiger partial charge is 0.508 e. The van der Waals surface area contributed by atoms with E-state index in [1.165, 1.54) is 48.5 Å². The molecule has 1 heterocycles. The number of para-hydroxylation sites is 1. The molecule has 0 saturated heterocycles. The standard InChI is InChI=1S/C18H14FNO4/c1-2-24-18(23)20-15(11-6-8-12(21)9-7-11)10-16(22)13-4-3-5-14(19)17(13)20/h3-10,21H,2H2,1H3. The molecule has 2 aromatic carbocycles. The number of carbonyl (C=O) groups excluding carboxylic acids is 1. The zero-order chi connectivity index (χ0) is 17.3. The van der Waals surface area contributed by atoms with E-state index in [9.17, 15) is 19.1 Å². The summed E-state index contributed by atoms with van der Waals surface area (Å²) in [6.45, 7) is 1.75. The summed E-state index contributed by atoms with van der Waals surface area (Å²) < 4.78 is 20.4. The van der Waals surface area contributed by atoms with Crippen LogP contribution in [0.3, 0.4) is 0 Å². The molecule has 0 fully saturated rings. The molecule has 0 radical (unpaired) electrons. The van der Waals surface area contributed by atoms with E-state index in [2.05, 4.69) is 0 Å². The number of phenolic OH excluding ortho intramolecular Hbond substituents is 1. The average Bonchev–Trinajstić information content (AvgIpc) is 2.56. The zero-order valence-electron chi connectivity index (χ0n) is 12.8. The maximum absolute atomic E-state index is 14.4. The zero-order valence-corrected chi connectivity index (χ0v) is 12.8. The van der Waals surface area contributed by atoms with Gasteiger partial charge in [0.15, 0.2) is 5.43 Å². The maximum Gasteiger partial charge on any atom is 0.419 e. The smallest absolute Gasteiger partial charge is 0.419 e. The summed E-state index contributed by atoms with van der Waals surface area (Å²) in [6, 6.07) is 11.2. The number of ether oxygens (including phenoxy) is 1. The number of pyridine rings is 1. The fraction of sp³-hybridized carbons (Fsp3) is 0.111. The highest BCUT2D eigenvalue weighted by Gasteiger charge is 2.19. The Morgan fingerprint density at radius 1 is 1.21 bits per heavy atom. The molecule has 0 amide bonds. The Labute approximate surface area is 136 Å². The Morgan fingerprint density at radius 2 is 1.92 bits per heavy atom. The van der Waals surface area contributed by atoms with Crippen molar-refractivity contribution in [2.45, 2.75) is 6.92 Å². The van der Waals surface area contributed by atoms with Crippen LogP contribution >= 0.6 is 0 Å². The number of benzene rings is 2. The van der Waals surface area contributed by atoms with Gasteiger partial charge in [0.05, 0.1) is 17.8 Å². The maximum atomic E-state index is 14.4. The van der Waals surface area contributed by atoms with Gasteiger partial charge in [-0.15, -0.1) is 0 Å². The van der Waals surface area contributed by atoms with E-state index in [1.807, 2.05) is 0 Å². The number of hydrogen-bond acceptors (Lipinski definition) is 4. The van der Waals surface area contributed by atoms with E-state index in [0.29, 0.717) is 5.56 Å². The lowest BCUT2D eigenvalue weighted by molar-refractivity contribution is 0.155. The molecule has 0 saturated carbocycles. The van der Waals surface area contributed by atoms with Crippen LogP contribution in [-0.4, -0.2) is 22.4 Å². The van der Waals surface area contributed by atoms with Gasteiger partial charge < -0.3 is 9.84 Å². The van der Waals surface area contributed by atoms with Gasteiger partial charge in [-0.25, -0.2) is 13.8 Å². The number of aromatic hydroxyl groups is 1. The molecule has 3 aromatic rings. The number of hydrogen-bond donors (Lipinski definition) is 1. The Morgan fingerprint density at radius 3 is 2.58 bits per heavy atom. The van der Waals surface area contributed by atoms with Gasteiger partial charge in [0.2, 0.25) is 0 Å². The van der Waals surface area contributed by atoms with E-state index in [1.54, 1.807) is 6.92 Å². The monoisotopic (exact) mass is 327 g/mol. The second-order valence-corrected chi connectivity index (χ2v) is 5.11. The number of aromatic nitrogens is 1. The molecule has 1 aromatic heterocycles. The van der Waals surface area contributed by atoms with Crippen LogP contribution in [0, 0.1) is 5.82 Å². The average molecular weight is 327 g/mol. The first kappa shape index (κ1) is 15.7. The summed E-state index contributed by atoms with van der Waals surface area (Å²) >= 11 is 0. The molecule has 0 aliphatic rings. The Kier molecular flexibility index (Phi) is 4.04. The van der Waals surface area contributed by atoms with Crippen molar-refractivity contribution in [2.24, 2.45) is 0 Å². The van der Waals surface area contributed by atoms with E-state index >= 15 is 0 Å². The lowest BCUT2D eigenvalue weighted by atomic mass is 10.1. The summed E-state index contributed by atoms with van der Waals surface area (Å²) in [5.41, 5.74) is 0.124. The number of phenols is 1. The quantitative estimate of drug-likeness (QED) is 0.782. The summed E-state index contributed by atoms with van der Waals surface area (Å²) in [7, 11) is 0. The van der Waals surface area contributed by atoms with Gasteiger partial charge in [-0.1, -0.05) is 6.07 Å². The van der Waals surface area contributed by atoms with Crippen molar-refractivity contribution in [1.82, 2.24) is 4.57 Å². The minimum Gasteiger partial charge on any atom is -0.508 e. The molecule has 24 heavy (non-hydrogen) atoms. The Hall–Kier alpha value is -3.15. The minimum absolute atomic E-state index is 0.0377. The first-order valence-corrected chi connectivity index (χ1v) is 7.33. The molecule has 0 unspecified atom stereocenters. The van der Waals surface area contributed by atoms with E-state index < -0.39 is 17.3 Å². The van der Waals surface area contributed by atoms with Gasteiger partial charge in [-0.2, -0.15) is 0 Å². The highest BCUT2D eigenvalue weighted by molar-refractivity contribution is 5.93. The van der Waals surface area contributed by atoms with E-state index in [0.717, 1.165) is 4.57 Å². The van der Waals surface area contributed by atoms with Crippen LogP contribution in [0.4, 0.5) is 9.18 Å². The lowest BCUT2D eigenvalue weighted by Crippen LogP contribution is -2.21. The first-order chi connectivity index (χ1) is 11.5. The van der Waals surface area contributed by atoms with E-state index in [4.69, 9.17) is 4.74 Å². The molecule has 1 N–H and O–H groups in total. The molecule has 0 aliphatic carbocycles. The molecule has 0 aliphatic heterocycles. The number of nitrogens with zero attached hydrogens (tertiary/aromatic N) is 1. The third-order valence-electron chi connectivity index (χ3n) is 3.60. The lowest BCUT2D eigenvalue weighted by Gasteiger charge is -2.15. The van der Waals surface area contributed by atoms with Gasteiger partial charge in [-0.3, -0.25) is 4.79 Å². The summed E-state index contributed by atoms with van der Waals surface area (Å²) in [4.78, 5) is 24.7. The number of carbonyl (C=O) groups is 1. The normalized spacial score (nSPS) is 10.8. The molecule has 0 bridgehead atoms. The van der Waals surface area contributed by atoms with Crippen LogP contribution in [0.5, 0.6) is 5.75 Å². The van der Waals surface area contributed by atoms with Crippen LogP contribution in [0.2, 0.25) is 0 Å². The second-order valence-electron chi connectivity index (χ2n) is 5.11. The second kappa shape index (κ2) is 6.16. The molecule has 0 spiro atoms. The van der Waals surface area contributed by atoms with Crippen LogP contribution < -0.4 is 5.43 Å². The van der Waals surface area contributed by atoms with Crippen LogP contribution in [0.25, 0.3) is 22.2 Å². The van der Waals surface area contributed by atoms with Crippen molar-refractivity contribution < 1.29 is 19.0 Å². The number of halogens is 1. The van der Waals surface area contributed by atoms with E-state index in [-0.39, 0.29) is 29.0 Å². The number of rotatable bonds is 2.